The fraction of sp³-hybridized carbons (Fsp3) is 0.529. The monoisotopic (exact) mass is 255 g/mol. The number of carbonyl (C=O) groups excluding carboxylic acids is 1. The number of rotatable bonds is 2. The van der Waals surface area contributed by atoms with Gasteiger partial charge >= 0.3 is 0 Å². The Morgan fingerprint density at radius 2 is 2.11 bits per heavy atom. The molecule has 2 aliphatic carbocycles. The molecule has 0 saturated heterocycles. The maximum Gasteiger partial charge on any atom is 0.167 e. The molecule has 19 heavy (non-hydrogen) atoms. The summed E-state index contributed by atoms with van der Waals surface area (Å²) in [6, 6.07) is 4.11. The fourth-order valence-corrected chi connectivity index (χ4v) is 3.33. The van der Waals surface area contributed by atoms with Crippen LogP contribution < -0.4 is 0 Å². The minimum Gasteiger partial charge on any atom is -0.294 e. The Labute approximate surface area is 114 Å². The summed E-state index contributed by atoms with van der Waals surface area (Å²) < 4.78 is 0. The zero-order chi connectivity index (χ0) is 13.1. The quantitative estimate of drug-likeness (QED) is 0.800. The smallest absolute Gasteiger partial charge is 0.167 e. The highest BCUT2D eigenvalue weighted by Crippen LogP contribution is 2.34. The SMILES string of the molecule is O=C(C1=CCCCCC1)C1CCCc2cccnc21. The molecular weight excluding hydrogens is 234 g/mol. The van der Waals surface area contributed by atoms with E-state index in [4.69, 9.17) is 0 Å². The van der Waals surface area contributed by atoms with Gasteiger partial charge in [-0.05, 0) is 62.1 Å². The van der Waals surface area contributed by atoms with Crippen LogP contribution in [0, 0.1) is 0 Å². The average Bonchev–Trinajstić information content (AvgIpc) is 2.75. The zero-order valence-corrected chi connectivity index (χ0v) is 11.4. The number of ketones is 1. The van der Waals surface area contributed by atoms with Crippen molar-refractivity contribution in [2.24, 2.45) is 0 Å². The molecule has 0 aliphatic heterocycles. The zero-order valence-electron chi connectivity index (χ0n) is 11.4. The van der Waals surface area contributed by atoms with Gasteiger partial charge in [-0.25, -0.2) is 0 Å². The average molecular weight is 255 g/mol. The highest BCUT2D eigenvalue weighted by molar-refractivity contribution is 6.00. The number of aromatic nitrogens is 1. The van der Waals surface area contributed by atoms with Gasteiger partial charge in [-0.15, -0.1) is 0 Å². The van der Waals surface area contributed by atoms with Crippen LogP contribution in [-0.2, 0) is 11.2 Å². The van der Waals surface area contributed by atoms with Gasteiger partial charge in [0.15, 0.2) is 5.78 Å². The summed E-state index contributed by atoms with van der Waals surface area (Å²) in [7, 11) is 0. The molecule has 2 heteroatoms. The van der Waals surface area contributed by atoms with E-state index in [1.807, 2.05) is 12.3 Å². The molecule has 0 saturated carbocycles. The van der Waals surface area contributed by atoms with Gasteiger partial charge in [0.2, 0.25) is 0 Å². The van der Waals surface area contributed by atoms with Crippen LogP contribution in [0.1, 0.15) is 62.1 Å². The third-order valence-electron chi connectivity index (χ3n) is 4.37. The minimum absolute atomic E-state index is 0.0225. The van der Waals surface area contributed by atoms with E-state index < -0.39 is 0 Å². The van der Waals surface area contributed by atoms with Crippen LogP contribution in [0.5, 0.6) is 0 Å². The lowest BCUT2D eigenvalue weighted by Crippen LogP contribution is -2.21. The summed E-state index contributed by atoms with van der Waals surface area (Å²) in [4.78, 5) is 17.3. The first-order chi connectivity index (χ1) is 9.36. The number of fused-ring (bicyclic) bond motifs is 1. The van der Waals surface area contributed by atoms with Crippen LogP contribution in [0.2, 0.25) is 0 Å². The summed E-state index contributed by atoms with van der Waals surface area (Å²) in [5, 5.41) is 0. The highest BCUT2D eigenvalue weighted by Gasteiger charge is 2.29. The second-order valence-corrected chi connectivity index (χ2v) is 5.69. The molecule has 0 bridgehead atoms. The summed E-state index contributed by atoms with van der Waals surface area (Å²) in [5.41, 5.74) is 3.39. The first-order valence-corrected chi connectivity index (χ1v) is 7.53. The van der Waals surface area contributed by atoms with Gasteiger partial charge in [0.1, 0.15) is 0 Å². The van der Waals surface area contributed by atoms with Crippen molar-refractivity contribution in [1.82, 2.24) is 4.98 Å². The largest absolute Gasteiger partial charge is 0.294 e. The van der Waals surface area contributed by atoms with Crippen molar-refractivity contribution < 1.29 is 4.79 Å². The summed E-state index contributed by atoms with van der Waals surface area (Å²) >= 11 is 0. The van der Waals surface area contributed by atoms with E-state index in [1.165, 1.54) is 24.8 Å². The highest BCUT2D eigenvalue weighted by atomic mass is 16.1. The molecule has 100 valence electrons. The lowest BCUT2D eigenvalue weighted by atomic mass is 9.81. The fourth-order valence-electron chi connectivity index (χ4n) is 3.33. The second-order valence-electron chi connectivity index (χ2n) is 5.69. The minimum atomic E-state index is 0.0225. The Balaban J connectivity index is 1.86. The van der Waals surface area contributed by atoms with E-state index in [1.54, 1.807) is 0 Å². The number of hydrogen-bond donors (Lipinski definition) is 0. The molecule has 3 rings (SSSR count). The number of pyridine rings is 1. The molecule has 1 unspecified atom stereocenters. The topological polar surface area (TPSA) is 30.0 Å². The number of hydrogen-bond acceptors (Lipinski definition) is 2. The molecule has 0 aromatic carbocycles. The van der Waals surface area contributed by atoms with E-state index in [-0.39, 0.29) is 5.92 Å². The lowest BCUT2D eigenvalue weighted by molar-refractivity contribution is -0.117. The molecule has 0 spiro atoms. The lowest BCUT2D eigenvalue weighted by Gasteiger charge is -2.24. The number of carbonyl (C=O) groups is 1. The van der Waals surface area contributed by atoms with Crippen LogP contribution in [0.15, 0.2) is 30.0 Å². The molecule has 1 aromatic heterocycles. The van der Waals surface area contributed by atoms with Crippen LogP contribution in [0.25, 0.3) is 0 Å². The molecular formula is C17H21NO. The van der Waals surface area contributed by atoms with Crippen LogP contribution in [0.4, 0.5) is 0 Å². The Kier molecular flexibility index (Phi) is 3.77. The molecule has 0 radical (unpaired) electrons. The van der Waals surface area contributed by atoms with Crippen LogP contribution in [0.3, 0.4) is 0 Å². The Morgan fingerprint density at radius 3 is 3.05 bits per heavy atom. The van der Waals surface area contributed by atoms with Gasteiger partial charge in [0, 0.05) is 6.20 Å². The number of nitrogens with zero attached hydrogens (tertiary/aromatic N) is 1. The van der Waals surface area contributed by atoms with Crippen molar-refractivity contribution in [3.05, 3.63) is 41.2 Å². The van der Waals surface area contributed by atoms with Crippen molar-refractivity contribution in [2.45, 2.75) is 57.3 Å². The van der Waals surface area contributed by atoms with E-state index in [0.29, 0.717) is 5.78 Å². The van der Waals surface area contributed by atoms with Gasteiger partial charge in [-0.1, -0.05) is 18.6 Å². The van der Waals surface area contributed by atoms with E-state index in [0.717, 1.165) is 43.4 Å². The predicted molar refractivity (Wildman–Crippen MR) is 76.1 cm³/mol. The number of aryl methyl sites for hydroxylation is 1. The first kappa shape index (κ1) is 12.6. The molecule has 1 heterocycles. The third-order valence-corrected chi connectivity index (χ3v) is 4.37. The Bertz CT molecular complexity index is 504. The maximum atomic E-state index is 12.8. The molecule has 0 N–H and O–H groups in total. The molecule has 0 fully saturated rings. The van der Waals surface area contributed by atoms with Gasteiger partial charge in [0.05, 0.1) is 11.6 Å². The van der Waals surface area contributed by atoms with Crippen molar-refractivity contribution in [3.8, 4) is 0 Å². The third kappa shape index (κ3) is 2.63. The normalized spacial score (nSPS) is 23.2. The summed E-state index contributed by atoms with van der Waals surface area (Å²) in [6.07, 6.45) is 12.9. The van der Waals surface area contributed by atoms with Crippen molar-refractivity contribution in [3.63, 3.8) is 0 Å². The maximum absolute atomic E-state index is 12.8. The number of Topliss-reactive ketones (excluding diaryl/α,β-unsaturated/α-hetero) is 1. The van der Waals surface area contributed by atoms with Gasteiger partial charge in [-0.3, -0.25) is 9.78 Å². The molecule has 0 amide bonds. The predicted octanol–water partition coefficient (Wildman–Crippen LogP) is 3.96. The molecule has 2 nitrogen and oxygen atoms in total. The Hall–Kier alpha value is -1.44. The molecule has 2 aliphatic rings. The van der Waals surface area contributed by atoms with E-state index >= 15 is 0 Å². The van der Waals surface area contributed by atoms with Crippen molar-refractivity contribution in [1.29, 1.82) is 0 Å². The number of allylic oxidation sites excluding steroid dienone is 2. The van der Waals surface area contributed by atoms with Gasteiger partial charge in [0.25, 0.3) is 0 Å². The van der Waals surface area contributed by atoms with Gasteiger partial charge < -0.3 is 0 Å². The Morgan fingerprint density at radius 1 is 1.16 bits per heavy atom. The standard InChI is InChI=1S/C17H21NO/c19-17(14-7-3-1-2-4-8-14)15-11-5-9-13-10-6-12-18-16(13)15/h6-7,10,12,15H,1-5,8-9,11H2. The summed E-state index contributed by atoms with van der Waals surface area (Å²) in [6.45, 7) is 0. The van der Waals surface area contributed by atoms with E-state index in [2.05, 4.69) is 17.1 Å². The summed E-state index contributed by atoms with van der Waals surface area (Å²) in [5.74, 6) is 0.371. The van der Waals surface area contributed by atoms with Gasteiger partial charge in [-0.2, -0.15) is 0 Å². The second kappa shape index (κ2) is 5.68. The molecule has 1 atom stereocenters. The van der Waals surface area contributed by atoms with Crippen molar-refractivity contribution in [2.75, 3.05) is 0 Å². The van der Waals surface area contributed by atoms with Crippen LogP contribution >= 0.6 is 0 Å². The van der Waals surface area contributed by atoms with E-state index in [9.17, 15) is 4.79 Å². The molecule has 1 aromatic rings. The van der Waals surface area contributed by atoms with Crippen LogP contribution in [-0.4, -0.2) is 10.8 Å². The van der Waals surface area contributed by atoms with Crippen molar-refractivity contribution >= 4 is 5.78 Å². The first-order valence-electron chi connectivity index (χ1n) is 7.53.